The van der Waals surface area contributed by atoms with Gasteiger partial charge in [-0.3, -0.25) is 14.5 Å². The zero-order valence-corrected chi connectivity index (χ0v) is 17.3. The number of rotatable bonds is 4. The lowest BCUT2D eigenvalue weighted by Crippen LogP contribution is -2.36. The lowest BCUT2D eigenvalue weighted by molar-refractivity contribution is -0.122. The van der Waals surface area contributed by atoms with Crippen molar-refractivity contribution < 1.29 is 9.59 Å². The smallest absolute Gasteiger partial charge is 0.274 e. The molecule has 32 heavy (non-hydrogen) atoms. The van der Waals surface area contributed by atoms with Crippen molar-refractivity contribution in [1.82, 2.24) is 14.3 Å². The molecule has 2 heterocycles. The summed E-state index contributed by atoms with van der Waals surface area (Å²) in [7, 11) is 0. The van der Waals surface area contributed by atoms with Crippen molar-refractivity contribution in [2.24, 2.45) is 11.8 Å². The maximum Gasteiger partial charge on any atom is 0.347 e. The largest absolute Gasteiger partial charge is 0.347 e. The summed E-state index contributed by atoms with van der Waals surface area (Å²) in [6.45, 7) is 4.23. The van der Waals surface area contributed by atoms with Crippen molar-refractivity contribution in [3.63, 3.8) is 0 Å². The lowest BCUT2D eigenvalue weighted by atomic mass is 9.76. The Labute approximate surface area is 183 Å². The third-order valence-electron chi connectivity index (χ3n) is 6.40. The predicted molar refractivity (Wildman–Crippen MR) is 118 cm³/mol. The molecule has 0 bridgehead atoms. The van der Waals surface area contributed by atoms with Crippen LogP contribution in [-0.2, 0) is 16.1 Å². The number of carbonyl (C=O) groups is 2. The van der Waals surface area contributed by atoms with E-state index in [0.717, 1.165) is 10.1 Å². The number of nitrogens with one attached hydrogen (secondary N) is 1. The topological polar surface area (TPSA) is 97.2 Å². The summed E-state index contributed by atoms with van der Waals surface area (Å²) in [6, 6.07) is 17.5. The number of carbonyl (C=O) groups excluding carboxylic acids is 2. The molecule has 1 saturated heterocycles. The Morgan fingerprint density at radius 3 is 2.19 bits per heavy atom. The first kappa shape index (κ1) is 20.0. The summed E-state index contributed by atoms with van der Waals surface area (Å²) in [5.74, 6) is -1.58. The molecule has 8 nitrogen and oxygen atoms in total. The summed E-state index contributed by atoms with van der Waals surface area (Å²) in [6.07, 6.45) is 0.532. The van der Waals surface area contributed by atoms with Crippen LogP contribution in [0.1, 0.15) is 24.4 Å². The van der Waals surface area contributed by atoms with E-state index >= 15 is 0 Å². The molecule has 0 radical (unpaired) electrons. The number of anilines is 1. The third-order valence-corrected chi connectivity index (χ3v) is 6.40. The number of hydrogen-bond acceptors (Lipinski definition) is 4. The van der Waals surface area contributed by atoms with E-state index in [1.54, 1.807) is 24.3 Å². The molecule has 2 fully saturated rings. The Morgan fingerprint density at radius 2 is 1.50 bits per heavy atom. The molecule has 1 saturated carbocycles. The molecule has 1 aliphatic carbocycles. The highest BCUT2D eigenvalue weighted by atomic mass is 16.2. The van der Waals surface area contributed by atoms with E-state index in [1.807, 2.05) is 36.4 Å². The van der Waals surface area contributed by atoms with Crippen LogP contribution in [0.4, 0.5) is 5.69 Å². The van der Waals surface area contributed by atoms with E-state index in [-0.39, 0.29) is 24.8 Å². The quantitative estimate of drug-likeness (QED) is 0.506. The number of hydrogen-bond donors (Lipinski definition) is 1. The van der Waals surface area contributed by atoms with Crippen LogP contribution in [0.15, 0.2) is 82.4 Å². The molecule has 2 aromatic carbocycles. The van der Waals surface area contributed by atoms with Crippen molar-refractivity contribution in [2.45, 2.75) is 25.4 Å². The van der Waals surface area contributed by atoms with Gasteiger partial charge in [-0.1, -0.05) is 60.7 Å². The molecule has 2 aliphatic rings. The molecule has 3 aromatic rings. The Bertz CT molecular complexity index is 1320. The lowest BCUT2D eigenvalue weighted by Gasteiger charge is -2.30. The molecule has 0 spiro atoms. The molecule has 8 heteroatoms. The summed E-state index contributed by atoms with van der Waals surface area (Å²) in [5.41, 5.74) is 1.01. The fourth-order valence-electron chi connectivity index (χ4n) is 4.77. The van der Waals surface area contributed by atoms with Gasteiger partial charge in [0, 0.05) is 0 Å². The molecular weight excluding hydrogens is 408 g/mol. The van der Waals surface area contributed by atoms with Gasteiger partial charge in [0.15, 0.2) is 0 Å². The van der Waals surface area contributed by atoms with Gasteiger partial charge in [-0.2, -0.15) is 0 Å². The Balaban J connectivity index is 1.45. The Morgan fingerprint density at radius 1 is 0.875 bits per heavy atom. The fraction of sp³-hybridized carbons (Fsp3) is 0.250. The number of benzene rings is 2. The average molecular weight is 430 g/mol. The van der Waals surface area contributed by atoms with Gasteiger partial charge in [0.2, 0.25) is 11.8 Å². The number of para-hydroxylation sites is 1. The van der Waals surface area contributed by atoms with Crippen molar-refractivity contribution in [1.29, 1.82) is 0 Å². The van der Waals surface area contributed by atoms with Crippen molar-refractivity contribution >= 4 is 17.5 Å². The minimum Gasteiger partial charge on any atom is -0.274 e. The number of aromatic nitrogens is 3. The molecule has 5 rings (SSSR count). The second kappa shape index (κ2) is 7.64. The van der Waals surface area contributed by atoms with Crippen LogP contribution in [0, 0.1) is 11.8 Å². The first-order valence-corrected chi connectivity index (χ1v) is 10.5. The molecule has 1 N–H and O–H groups in total. The van der Waals surface area contributed by atoms with E-state index in [2.05, 4.69) is 11.7 Å². The molecule has 2 amide bonds. The van der Waals surface area contributed by atoms with E-state index in [1.165, 1.54) is 9.58 Å². The van der Waals surface area contributed by atoms with Crippen molar-refractivity contribution in [3.05, 3.63) is 99.3 Å². The number of nitrogens with zero attached hydrogens (tertiary/aromatic N) is 3. The van der Waals surface area contributed by atoms with Crippen molar-refractivity contribution in [2.75, 3.05) is 4.90 Å². The van der Waals surface area contributed by atoms with Gasteiger partial charge in [0.25, 0.3) is 0 Å². The van der Waals surface area contributed by atoms with Crippen LogP contribution in [0.3, 0.4) is 0 Å². The van der Waals surface area contributed by atoms with Crippen LogP contribution in [-0.4, -0.2) is 26.2 Å². The Kier molecular flexibility index (Phi) is 4.77. The summed E-state index contributed by atoms with van der Waals surface area (Å²) >= 11 is 0. The molecule has 162 valence electrons. The highest BCUT2D eigenvalue weighted by Gasteiger charge is 2.52. The number of fused-ring (bicyclic) bond motifs is 1. The Hall–Kier alpha value is -3.94. The summed E-state index contributed by atoms with van der Waals surface area (Å²) in [4.78, 5) is 53.0. The van der Waals surface area contributed by atoms with Crippen LogP contribution < -0.4 is 16.3 Å². The number of amides is 2. The average Bonchev–Trinajstić information content (AvgIpc) is 3.21. The van der Waals surface area contributed by atoms with E-state index < -0.39 is 29.3 Å². The minimum absolute atomic E-state index is 0.145. The zero-order valence-electron chi connectivity index (χ0n) is 17.3. The normalized spacial score (nSPS) is 22.9. The second-order valence-electron chi connectivity index (χ2n) is 8.32. The zero-order chi connectivity index (χ0) is 22.4. The predicted octanol–water partition coefficient (Wildman–Crippen LogP) is 2.08. The van der Waals surface area contributed by atoms with Gasteiger partial charge in [-0.05, 0) is 30.5 Å². The van der Waals surface area contributed by atoms with Gasteiger partial charge < -0.3 is 0 Å². The minimum atomic E-state index is -0.564. The number of aromatic amines is 1. The molecule has 1 aliphatic heterocycles. The SMILES string of the molecule is C=C1C[C@@H]2C(=O)N(c3ccccc3)C(=O)[C@H]2C[C@H]1n1[nH]c(=O)n(Cc2ccccc2)c1=O. The van der Waals surface area contributed by atoms with Gasteiger partial charge in [-0.15, -0.1) is 0 Å². The third kappa shape index (κ3) is 3.15. The second-order valence-corrected chi connectivity index (χ2v) is 8.32. The fourth-order valence-corrected chi connectivity index (χ4v) is 4.77. The highest BCUT2D eigenvalue weighted by molar-refractivity contribution is 6.22. The first-order chi connectivity index (χ1) is 15.5. The number of allylic oxidation sites excluding steroid dienone is 1. The standard InChI is InChI=1S/C24H22N4O4/c1-15-12-18-19(22(30)27(21(18)29)17-10-6-3-7-11-17)13-20(15)28-24(32)26(23(31)25-28)14-16-8-4-2-5-9-16/h2-11,18-20H,1,12-14H2,(H,25,31)/t18-,19-,20+/m0/s1. The van der Waals surface area contributed by atoms with Gasteiger partial charge in [-0.25, -0.2) is 23.9 Å². The maximum atomic E-state index is 13.1. The molecular formula is C24H22N4O4. The van der Waals surface area contributed by atoms with E-state index in [9.17, 15) is 19.2 Å². The molecule has 1 aromatic heterocycles. The number of imide groups is 1. The summed E-state index contributed by atoms with van der Waals surface area (Å²) in [5, 5.41) is 2.62. The van der Waals surface area contributed by atoms with Gasteiger partial charge >= 0.3 is 11.4 Å². The maximum absolute atomic E-state index is 13.1. The molecule has 3 atom stereocenters. The van der Waals surface area contributed by atoms with Crippen LogP contribution in [0.5, 0.6) is 0 Å². The monoisotopic (exact) mass is 430 g/mol. The first-order valence-electron chi connectivity index (χ1n) is 10.5. The summed E-state index contributed by atoms with van der Waals surface area (Å²) < 4.78 is 2.39. The van der Waals surface area contributed by atoms with Gasteiger partial charge in [0.1, 0.15) is 0 Å². The van der Waals surface area contributed by atoms with E-state index in [4.69, 9.17) is 0 Å². The van der Waals surface area contributed by atoms with E-state index in [0.29, 0.717) is 17.7 Å². The van der Waals surface area contributed by atoms with Crippen LogP contribution in [0.25, 0.3) is 0 Å². The van der Waals surface area contributed by atoms with Gasteiger partial charge in [0.05, 0.1) is 30.1 Å². The molecule has 0 unspecified atom stereocenters. The van der Waals surface area contributed by atoms with Crippen LogP contribution in [0.2, 0.25) is 0 Å². The number of H-pyrrole nitrogens is 1. The highest BCUT2D eigenvalue weighted by Crippen LogP contribution is 2.45. The van der Waals surface area contributed by atoms with Crippen LogP contribution >= 0.6 is 0 Å². The van der Waals surface area contributed by atoms with Crippen molar-refractivity contribution in [3.8, 4) is 0 Å².